The Bertz CT molecular complexity index is 2460. The molecular weight excluding hydrogens is 679 g/mol. The van der Waals surface area contributed by atoms with Crippen molar-refractivity contribution >= 4 is 11.6 Å². The van der Waals surface area contributed by atoms with Gasteiger partial charge in [-0.3, -0.25) is 0 Å². The molecule has 0 radical (unpaired) electrons. The van der Waals surface area contributed by atoms with E-state index in [1.54, 1.807) is 16.9 Å². The summed E-state index contributed by atoms with van der Waals surface area (Å²) in [6.45, 7) is 1.36. The molecule has 0 saturated carbocycles. The fourth-order valence-electron chi connectivity index (χ4n) is 5.89. The summed E-state index contributed by atoms with van der Waals surface area (Å²) >= 11 is 0. The van der Waals surface area contributed by atoms with Crippen molar-refractivity contribution in [2.75, 3.05) is 11.5 Å². The van der Waals surface area contributed by atoms with E-state index in [-0.39, 0.29) is 0 Å². The second-order valence-corrected chi connectivity index (χ2v) is 12.6. The molecule has 54 heavy (non-hydrogen) atoms. The van der Waals surface area contributed by atoms with Gasteiger partial charge in [0.2, 0.25) is 5.88 Å². The van der Waals surface area contributed by atoms with E-state index in [0.717, 1.165) is 50.5 Å². The molecule has 13 nitrogen and oxygen atoms in total. The van der Waals surface area contributed by atoms with Gasteiger partial charge in [0.25, 0.3) is 0 Å². The fraction of sp³-hybridized carbons (Fsp3) is 0.0976. The van der Waals surface area contributed by atoms with Gasteiger partial charge in [-0.2, -0.15) is 0 Å². The van der Waals surface area contributed by atoms with Gasteiger partial charge < -0.3 is 25.9 Å². The summed E-state index contributed by atoms with van der Waals surface area (Å²) in [5.74, 6) is 3.32. The molecule has 0 unspecified atom stereocenters. The first kappa shape index (κ1) is 33.7. The molecule has 5 N–H and O–H groups in total. The van der Waals surface area contributed by atoms with Crippen LogP contribution in [0.4, 0.5) is 11.6 Å². The summed E-state index contributed by atoms with van der Waals surface area (Å²) in [4.78, 5) is 21.2. The van der Waals surface area contributed by atoms with Crippen LogP contribution in [0.3, 0.4) is 0 Å². The van der Waals surface area contributed by atoms with Gasteiger partial charge in [0.1, 0.15) is 36.4 Å². The monoisotopic (exact) mass is 713 g/mol. The molecule has 0 aliphatic heterocycles. The zero-order valence-electron chi connectivity index (χ0n) is 29.1. The lowest BCUT2D eigenvalue weighted by Gasteiger charge is -2.10. The average molecular weight is 714 g/mol. The predicted molar refractivity (Wildman–Crippen MR) is 205 cm³/mol. The molecule has 3 aromatic carbocycles. The summed E-state index contributed by atoms with van der Waals surface area (Å²) in [5, 5.41) is 12.1. The van der Waals surface area contributed by atoms with Crippen LogP contribution >= 0.6 is 0 Å². The van der Waals surface area contributed by atoms with Crippen molar-refractivity contribution < 1.29 is 9.47 Å². The van der Waals surface area contributed by atoms with E-state index in [1.165, 1.54) is 0 Å². The van der Waals surface area contributed by atoms with Crippen molar-refractivity contribution in [1.82, 2.24) is 45.1 Å². The Kier molecular flexibility index (Phi) is 9.65. The Labute approximate surface area is 310 Å². The third kappa shape index (κ3) is 7.90. The Morgan fingerprint density at radius 2 is 1.41 bits per heavy atom. The molecule has 0 aliphatic rings. The summed E-state index contributed by atoms with van der Waals surface area (Å²) in [5.41, 5.74) is 20.7. The minimum atomic E-state index is 0.377. The molecule has 0 amide bonds. The van der Waals surface area contributed by atoms with E-state index < -0.39 is 0 Å². The molecule has 5 heterocycles. The van der Waals surface area contributed by atoms with Gasteiger partial charge in [-0.05, 0) is 69.1 Å². The zero-order valence-corrected chi connectivity index (χ0v) is 29.1. The van der Waals surface area contributed by atoms with E-state index in [9.17, 15) is 0 Å². The van der Waals surface area contributed by atoms with Crippen LogP contribution < -0.4 is 20.9 Å². The van der Waals surface area contributed by atoms with E-state index in [4.69, 9.17) is 20.9 Å². The van der Waals surface area contributed by atoms with E-state index in [0.29, 0.717) is 60.9 Å². The second kappa shape index (κ2) is 15.5. The number of pyridine rings is 3. The fourth-order valence-corrected chi connectivity index (χ4v) is 5.89. The first-order valence-corrected chi connectivity index (χ1v) is 17.2. The molecule has 5 aromatic heterocycles. The number of H-pyrrole nitrogens is 1. The number of nitrogens with two attached hydrogens (primary N) is 2. The van der Waals surface area contributed by atoms with Crippen LogP contribution in [-0.2, 0) is 26.2 Å². The van der Waals surface area contributed by atoms with Crippen LogP contribution in [0.5, 0.6) is 11.6 Å². The summed E-state index contributed by atoms with van der Waals surface area (Å²) < 4.78 is 13.6. The molecule has 0 atom stereocenters. The predicted octanol–water partition coefficient (Wildman–Crippen LogP) is 6.54. The normalized spacial score (nSPS) is 11.0. The topological polar surface area (TPSA) is 181 Å². The SMILES string of the molecule is Nc1nc(-c2ccc(COc3ccc(Cn4nnnc4-c4cccnc4N)cc3)cc2)ccc1-c1ncc(Cc2ccc(OCc3ccccc3)nc2)[nH]1. The van der Waals surface area contributed by atoms with Crippen molar-refractivity contribution in [3.8, 4) is 45.7 Å². The highest BCUT2D eigenvalue weighted by Gasteiger charge is 2.14. The smallest absolute Gasteiger partial charge is 0.213 e. The molecule has 0 aliphatic carbocycles. The van der Waals surface area contributed by atoms with Gasteiger partial charge in [-0.1, -0.05) is 72.8 Å². The maximum Gasteiger partial charge on any atom is 0.213 e. The molecule has 266 valence electrons. The number of tetrazole rings is 1. The van der Waals surface area contributed by atoms with Gasteiger partial charge in [-0.25, -0.2) is 24.6 Å². The van der Waals surface area contributed by atoms with Gasteiger partial charge >= 0.3 is 0 Å². The number of hydrogen-bond donors (Lipinski definition) is 3. The van der Waals surface area contributed by atoms with Gasteiger partial charge in [0, 0.05) is 42.3 Å². The number of rotatable bonds is 13. The first-order chi connectivity index (χ1) is 26.5. The Morgan fingerprint density at radius 1 is 0.630 bits per heavy atom. The lowest BCUT2D eigenvalue weighted by atomic mass is 10.1. The van der Waals surface area contributed by atoms with Crippen LogP contribution in [0.2, 0.25) is 0 Å². The number of ether oxygens (including phenoxy) is 2. The van der Waals surface area contributed by atoms with Crippen LogP contribution in [0.1, 0.15) is 27.9 Å². The highest BCUT2D eigenvalue weighted by Crippen LogP contribution is 2.28. The van der Waals surface area contributed by atoms with Crippen molar-refractivity contribution in [1.29, 1.82) is 0 Å². The van der Waals surface area contributed by atoms with Crippen molar-refractivity contribution in [3.63, 3.8) is 0 Å². The van der Waals surface area contributed by atoms with Crippen LogP contribution in [0, 0.1) is 0 Å². The average Bonchev–Trinajstić information content (AvgIpc) is 3.88. The van der Waals surface area contributed by atoms with Crippen molar-refractivity contribution in [3.05, 3.63) is 162 Å². The largest absolute Gasteiger partial charge is 0.489 e. The van der Waals surface area contributed by atoms with Crippen LogP contribution in [-0.4, -0.2) is 45.1 Å². The lowest BCUT2D eigenvalue weighted by molar-refractivity contribution is 0.294. The first-order valence-electron chi connectivity index (χ1n) is 17.2. The molecule has 0 spiro atoms. The standard InChI is InChI=1S/C41H35N11O2/c42-38-35(7-4-20-44-38)41-49-50-51-52(41)24-27-10-15-33(16-11-27)53-25-29-8-13-31(14-9-29)36-18-17-34(39(43)48-36)40-46-23-32(47-40)21-30-12-19-37(45-22-30)54-26-28-5-2-1-3-6-28/h1-20,22-23H,21,24-26H2,(H2,42,44)(H2,43,48)(H,46,47). The number of imidazole rings is 1. The third-order valence-corrected chi connectivity index (χ3v) is 8.75. The maximum absolute atomic E-state index is 6.44. The molecular formula is C41H35N11O2. The number of anilines is 2. The number of nitrogens with one attached hydrogen (secondary N) is 1. The number of benzene rings is 3. The number of aromatic amines is 1. The minimum Gasteiger partial charge on any atom is -0.489 e. The second-order valence-electron chi connectivity index (χ2n) is 12.6. The number of aromatic nitrogens is 9. The quantitative estimate of drug-likeness (QED) is 0.118. The Balaban J connectivity index is 0.841. The molecule has 8 aromatic rings. The number of hydrogen-bond acceptors (Lipinski definition) is 11. The van der Waals surface area contributed by atoms with Crippen molar-refractivity contribution in [2.45, 2.75) is 26.2 Å². The van der Waals surface area contributed by atoms with Gasteiger partial charge in [0.05, 0.1) is 23.4 Å². The van der Waals surface area contributed by atoms with E-state index in [2.05, 4.69) is 40.4 Å². The van der Waals surface area contributed by atoms with E-state index >= 15 is 0 Å². The van der Waals surface area contributed by atoms with Crippen LogP contribution in [0.25, 0.3) is 34.0 Å². The Morgan fingerprint density at radius 3 is 2.19 bits per heavy atom. The highest BCUT2D eigenvalue weighted by atomic mass is 16.5. The van der Waals surface area contributed by atoms with Gasteiger partial charge in [-0.15, -0.1) is 5.10 Å². The lowest BCUT2D eigenvalue weighted by Crippen LogP contribution is -2.06. The molecule has 13 heteroatoms. The number of nitrogens with zero attached hydrogens (tertiary/aromatic N) is 8. The van der Waals surface area contributed by atoms with E-state index in [1.807, 2.05) is 122 Å². The molecule has 8 rings (SSSR count). The summed E-state index contributed by atoms with van der Waals surface area (Å²) in [7, 11) is 0. The number of nitrogen functional groups attached to an aromatic ring is 2. The molecule has 0 bridgehead atoms. The summed E-state index contributed by atoms with van der Waals surface area (Å²) in [6.07, 6.45) is 5.90. The summed E-state index contributed by atoms with van der Waals surface area (Å²) in [6, 6.07) is 37.3. The van der Waals surface area contributed by atoms with Crippen molar-refractivity contribution in [2.24, 2.45) is 0 Å². The Hall–Kier alpha value is -7.41. The molecule has 0 saturated heterocycles. The molecule has 0 fully saturated rings. The highest BCUT2D eigenvalue weighted by molar-refractivity contribution is 5.73. The maximum atomic E-state index is 6.44. The van der Waals surface area contributed by atoms with Gasteiger partial charge in [0.15, 0.2) is 5.82 Å². The van der Waals surface area contributed by atoms with Crippen LogP contribution in [0.15, 0.2) is 134 Å². The zero-order chi connectivity index (χ0) is 36.7. The third-order valence-electron chi connectivity index (χ3n) is 8.75. The minimum absolute atomic E-state index is 0.377.